The summed E-state index contributed by atoms with van der Waals surface area (Å²) in [5, 5.41) is 12.9. The van der Waals surface area contributed by atoms with Gasteiger partial charge < -0.3 is 19.9 Å². The van der Waals surface area contributed by atoms with Gasteiger partial charge in [-0.1, -0.05) is 23.7 Å². The topological polar surface area (TPSA) is 67.8 Å². The van der Waals surface area contributed by atoms with E-state index in [1.807, 2.05) is 0 Å². The number of benzene rings is 2. The monoisotopic (exact) mass is 333 g/mol. The van der Waals surface area contributed by atoms with Crippen LogP contribution in [0.1, 0.15) is 22.3 Å². The number of carbonyl (C=O) groups is 1. The maximum atomic E-state index is 12.1. The molecule has 0 aliphatic carbocycles. The summed E-state index contributed by atoms with van der Waals surface area (Å²) in [6, 6.07) is 9.93. The average molecular weight is 334 g/mol. The molecule has 2 aromatic rings. The molecule has 0 spiro atoms. The number of hydrogen-bond acceptors (Lipinski definition) is 4. The van der Waals surface area contributed by atoms with E-state index in [0.717, 1.165) is 12.0 Å². The molecule has 1 aliphatic heterocycles. The van der Waals surface area contributed by atoms with Crippen LogP contribution < -0.4 is 14.8 Å². The van der Waals surface area contributed by atoms with Gasteiger partial charge in [0.1, 0.15) is 5.75 Å². The molecule has 0 saturated carbocycles. The minimum Gasteiger partial charge on any atom is -0.507 e. The Bertz CT molecular complexity index is 733. The van der Waals surface area contributed by atoms with Crippen molar-refractivity contribution >= 4 is 17.5 Å². The zero-order valence-electron chi connectivity index (χ0n) is 12.3. The minimum atomic E-state index is -0.355. The third-order valence-corrected chi connectivity index (χ3v) is 3.74. The lowest BCUT2D eigenvalue weighted by Crippen LogP contribution is -2.22. The Morgan fingerprint density at radius 1 is 1.22 bits per heavy atom. The van der Waals surface area contributed by atoms with Crippen molar-refractivity contribution in [1.29, 1.82) is 0 Å². The zero-order valence-corrected chi connectivity index (χ0v) is 13.1. The number of carbonyl (C=O) groups excluding carboxylic acids is 1. The lowest BCUT2D eigenvalue weighted by Gasteiger charge is -2.12. The van der Waals surface area contributed by atoms with Gasteiger partial charge in [-0.05, 0) is 29.8 Å². The number of aromatic hydroxyl groups is 1. The van der Waals surface area contributed by atoms with Gasteiger partial charge in [-0.3, -0.25) is 4.79 Å². The predicted molar refractivity (Wildman–Crippen MR) is 86.3 cm³/mol. The van der Waals surface area contributed by atoms with E-state index in [1.165, 1.54) is 6.07 Å². The minimum absolute atomic E-state index is 0.0540. The molecule has 0 atom stereocenters. The molecule has 23 heavy (non-hydrogen) atoms. The van der Waals surface area contributed by atoms with E-state index < -0.39 is 0 Å². The third-order valence-electron chi connectivity index (χ3n) is 3.46. The molecule has 3 rings (SSSR count). The maximum absolute atomic E-state index is 12.1. The molecular formula is C17H16ClNO4. The number of ether oxygens (including phenoxy) is 2. The average Bonchev–Trinajstić information content (AvgIpc) is 2.79. The van der Waals surface area contributed by atoms with Gasteiger partial charge in [0, 0.05) is 13.0 Å². The van der Waals surface area contributed by atoms with Crippen molar-refractivity contribution in [3.63, 3.8) is 0 Å². The number of amides is 1. The molecule has 0 bridgehead atoms. The predicted octanol–water partition coefficient (Wildman–Crippen LogP) is 3.14. The first-order valence-electron chi connectivity index (χ1n) is 7.29. The Balaban J connectivity index is 1.74. The quantitative estimate of drug-likeness (QED) is 0.905. The number of rotatable bonds is 3. The third kappa shape index (κ3) is 3.51. The van der Waals surface area contributed by atoms with Crippen LogP contribution in [0.2, 0.25) is 5.02 Å². The molecule has 6 heteroatoms. The standard InChI is InChI=1S/C17H16ClNO4/c18-13-8-11(9-15-16(13)23-7-3-6-22-15)10-19-17(21)12-4-1-2-5-14(12)20/h1-2,4-5,8-9,20H,3,6-7,10H2,(H,19,21). The van der Waals surface area contributed by atoms with E-state index in [0.29, 0.717) is 29.7 Å². The van der Waals surface area contributed by atoms with E-state index in [2.05, 4.69) is 5.32 Å². The fraction of sp³-hybridized carbons (Fsp3) is 0.235. The molecule has 0 fully saturated rings. The van der Waals surface area contributed by atoms with Crippen LogP contribution in [0.5, 0.6) is 17.2 Å². The first-order valence-corrected chi connectivity index (χ1v) is 7.67. The first kappa shape index (κ1) is 15.5. The Kier molecular flexibility index (Phi) is 4.57. The molecule has 0 saturated heterocycles. The van der Waals surface area contributed by atoms with Crippen LogP contribution >= 0.6 is 11.6 Å². The Morgan fingerprint density at radius 3 is 2.83 bits per heavy atom. The van der Waals surface area contributed by atoms with E-state index in [4.69, 9.17) is 21.1 Å². The summed E-state index contributed by atoms with van der Waals surface area (Å²) in [6.45, 7) is 1.40. The molecule has 2 aromatic carbocycles. The van der Waals surface area contributed by atoms with Crippen LogP contribution in [0.4, 0.5) is 0 Å². The van der Waals surface area contributed by atoms with Crippen molar-refractivity contribution in [3.8, 4) is 17.2 Å². The molecule has 5 nitrogen and oxygen atoms in total. The number of hydrogen-bond donors (Lipinski definition) is 2. The van der Waals surface area contributed by atoms with Gasteiger partial charge in [0.15, 0.2) is 11.5 Å². The molecule has 1 heterocycles. The fourth-order valence-electron chi connectivity index (χ4n) is 2.33. The van der Waals surface area contributed by atoms with Crippen LogP contribution in [0.15, 0.2) is 36.4 Å². The number of phenols is 1. The van der Waals surface area contributed by atoms with E-state index >= 15 is 0 Å². The second kappa shape index (κ2) is 6.79. The summed E-state index contributed by atoms with van der Waals surface area (Å²) in [5.74, 6) is 0.717. The van der Waals surface area contributed by atoms with E-state index in [9.17, 15) is 9.90 Å². The van der Waals surface area contributed by atoms with Gasteiger partial charge in [-0.25, -0.2) is 0 Å². The molecule has 0 aromatic heterocycles. The van der Waals surface area contributed by atoms with Gasteiger partial charge in [0.05, 0.1) is 23.8 Å². The SMILES string of the molecule is O=C(NCc1cc(Cl)c2c(c1)OCCCO2)c1ccccc1O. The van der Waals surface area contributed by atoms with Crippen LogP contribution in [0, 0.1) is 0 Å². The van der Waals surface area contributed by atoms with Gasteiger partial charge >= 0.3 is 0 Å². The molecule has 1 aliphatic rings. The number of para-hydroxylation sites is 1. The molecule has 2 N–H and O–H groups in total. The van der Waals surface area contributed by atoms with E-state index in [-0.39, 0.29) is 23.8 Å². The van der Waals surface area contributed by atoms with Gasteiger partial charge in [-0.15, -0.1) is 0 Å². The van der Waals surface area contributed by atoms with Crippen molar-refractivity contribution in [2.45, 2.75) is 13.0 Å². The van der Waals surface area contributed by atoms with Gasteiger partial charge in [0.2, 0.25) is 0 Å². The number of fused-ring (bicyclic) bond motifs is 1. The lowest BCUT2D eigenvalue weighted by molar-refractivity contribution is 0.0948. The smallest absolute Gasteiger partial charge is 0.255 e. The van der Waals surface area contributed by atoms with Crippen LogP contribution in [-0.2, 0) is 6.54 Å². The highest BCUT2D eigenvalue weighted by atomic mass is 35.5. The first-order chi connectivity index (χ1) is 11.1. The van der Waals surface area contributed by atoms with Crippen molar-refractivity contribution in [1.82, 2.24) is 5.32 Å². The normalized spacial score (nSPS) is 13.3. The largest absolute Gasteiger partial charge is 0.507 e. The Morgan fingerprint density at radius 2 is 2.00 bits per heavy atom. The second-order valence-electron chi connectivity index (χ2n) is 5.16. The van der Waals surface area contributed by atoms with Crippen molar-refractivity contribution in [3.05, 3.63) is 52.5 Å². The number of halogens is 1. The van der Waals surface area contributed by atoms with Crippen molar-refractivity contribution in [2.75, 3.05) is 13.2 Å². The summed E-state index contributed by atoms with van der Waals surface area (Å²) in [6.07, 6.45) is 0.796. The summed E-state index contributed by atoms with van der Waals surface area (Å²) in [7, 11) is 0. The number of phenolic OH excluding ortho intramolecular Hbond substituents is 1. The van der Waals surface area contributed by atoms with Crippen LogP contribution in [-0.4, -0.2) is 24.2 Å². The van der Waals surface area contributed by atoms with Gasteiger partial charge in [-0.2, -0.15) is 0 Å². The summed E-state index contributed by atoms with van der Waals surface area (Å²) >= 11 is 6.22. The fourth-order valence-corrected chi connectivity index (χ4v) is 2.62. The molecule has 120 valence electrons. The van der Waals surface area contributed by atoms with Crippen molar-refractivity contribution < 1.29 is 19.4 Å². The zero-order chi connectivity index (χ0) is 16.2. The number of nitrogens with one attached hydrogen (secondary N) is 1. The maximum Gasteiger partial charge on any atom is 0.255 e. The van der Waals surface area contributed by atoms with Gasteiger partial charge in [0.25, 0.3) is 5.91 Å². The highest BCUT2D eigenvalue weighted by molar-refractivity contribution is 6.32. The molecular weight excluding hydrogens is 318 g/mol. The highest BCUT2D eigenvalue weighted by Gasteiger charge is 2.16. The van der Waals surface area contributed by atoms with E-state index in [1.54, 1.807) is 30.3 Å². The Hall–Kier alpha value is -2.40. The second-order valence-corrected chi connectivity index (χ2v) is 5.56. The highest BCUT2D eigenvalue weighted by Crippen LogP contribution is 2.37. The van der Waals surface area contributed by atoms with Crippen LogP contribution in [0.3, 0.4) is 0 Å². The Labute approximate surface area is 138 Å². The lowest BCUT2D eigenvalue weighted by atomic mass is 10.1. The summed E-state index contributed by atoms with van der Waals surface area (Å²) in [5.41, 5.74) is 1.02. The molecule has 0 unspecified atom stereocenters. The van der Waals surface area contributed by atoms with Crippen molar-refractivity contribution in [2.24, 2.45) is 0 Å². The molecule has 0 radical (unpaired) electrons. The summed E-state index contributed by atoms with van der Waals surface area (Å²) < 4.78 is 11.2. The summed E-state index contributed by atoms with van der Waals surface area (Å²) in [4.78, 5) is 12.1. The van der Waals surface area contributed by atoms with Crippen LogP contribution in [0.25, 0.3) is 0 Å². The molecule has 1 amide bonds.